The molecule has 1 N–H and O–H groups in total. The molecule has 23 heavy (non-hydrogen) atoms. The molecule has 0 aliphatic heterocycles. The van der Waals surface area contributed by atoms with Gasteiger partial charge in [0.05, 0.1) is 12.0 Å². The molecule has 0 bridgehead atoms. The standard InChI is InChI=1S/C17H13ClO4S/c1-9-5-6-10(11(8-9)21-2)13-15(19)14(18)16(22-17(13)20)12-4-3-7-23-12/h3-8,19H,1-2H3. The molecule has 0 fully saturated rings. The topological polar surface area (TPSA) is 59.7 Å². The van der Waals surface area contributed by atoms with Crippen molar-refractivity contribution < 1.29 is 14.3 Å². The molecule has 3 rings (SSSR count). The molecule has 3 aromatic rings. The van der Waals surface area contributed by atoms with E-state index in [4.69, 9.17) is 20.8 Å². The van der Waals surface area contributed by atoms with Crippen molar-refractivity contribution in [2.24, 2.45) is 0 Å². The number of hydrogen-bond donors (Lipinski definition) is 1. The number of methoxy groups -OCH3 is 1. The second-order valence-corrected chi connectivity index (χ2v) is 6.26. The number of thiophene rings is 1. The number of aryl methyl sites for hydroxylation is 1. The Morgan fingerprint density at radius 3 is 2.74 bits per heavy atom. The van der Waals surface area contributed by atoms with Gasteiger partial charge in [0.2, 0.25) is 0 Å². The Morgan fingerprint density at radius 2 is 2.09 bits per heavy atom. The van der Waals surface area contributed by atoms with E-state index in [0.717, 1.165) is 5.56 Å². The first-order chi connectivity index (χ1) is 11.0. The quantitative estimate of drug-likeness (QED) is 0.744. The molecular weight excluding hydrogens is 336 g/mol. The maximum Gasteiger partial charge on any atom is 0.348 e. The Bertz CT molecular complexity index is 913. The van der Waals surface area contributed by atoms with E-state index in [0.29, 0.717) is 16.2 Å². The summed E-state index contributed by atoms with van der Waals surface area (Å²) in [6, 6.07) is 8.86. The van der Waals surface area contributed by atoms with E-state index >= 15 is 0 Å². The van der Waals surface area contributed by atoms with Crippen molar-refractivity contribution in [3.8, 4) is 33.3 Å². The molecule has 118 valence electrons. The van der Waals surface area contributed by atoms with Gasteiger partial charge in [-0.25, -0.2) is 4.79 Å². The first-order valence-electron chi connectivity index (χ1n) is 6.77. The molecule has 0 radical (unpaired) electrons. The molecule has 1 aromatic carbocycles. The first-order valence-corrected chi connectivity index (χ1v) is 8.03. The second-order valence-electron chi connectivity index (χ2n) is 4.94. The van der Waals surface area contributed by atoms with Gasteiger partial charge in [0.25, 0.3) is 0 Å². The molecule has 6 heteroatoms. The third kappa shape index (κ3) is 2.73. The summed E-state index contributed by atoms with van der Waals surface area (Å²) in [5, 5.41) is 12.3. The van der Waals surface area contributed by atoms with Crippen molar-refractivity contribution in [2.75, 3.05) is 7.11 Å². The van der Waals surface area contributed by atoms with Crippen LogP contribution in [0.25, 0.3) is 21.8 Å². The highest BCUT2D eigenvalue weighted by atomic mass is 35.5. The summed E-state index contributed by atoms with van der Waals surface area (Å²) in [6.45, 7) is 1.90. The molecule has 0 saturated heterocycles. The zero-order valence-electron chi connectivity index (χ0n) is 12.4. The highest BCUT2D eigenvalue weighted by Crippen LogP contribution is 2.42. The highest BCUT2D eigenvalue weighted by molar-refractivity contribution is 7.13. The van der Waals surface area contributed by atoms with Crippen molar-refractivity contribution >= 4 is 22.9 Å². The van der Waals surface area contributed by atoms with Gasteiger partial charge in [-0.05, 0) is 36.1 Å². The minimum atomic E-state index is -0.669. The van der Waals surface area contributed by atoms with Crippen LogP contribution in [0.3, 0.4) is 0 Å². The van der Waals surface area contributed by atoms with E-state index in [2.05, 4.69) is 0 Å². The van der Waals surface area contributed by atoms with Crippen LogP contribution in [-0.2, 0) is 0 Å². The van der Waals surface area contributed by atoms with Gasteiger partial charge in [-0.3, -0.25) is 0 Å². The van der Waals surface area contributed by atoms with Gasteiger partial charge in [0, 0.05) is 5.56 Å². The third-order valence-corrected chi connectivity index (χ3v) is 4.63. The minimum Gasteiger partial charge on any atom is -0.505 e. The van der Waals surface area contributed by atoms with Gasteiger partial charge in [-0.1, -0.05) is 23.7 Å². The normalized spacial score (nSPS) is 10.7. The Morgan fingerprint density at radius 1 is 1.30 bits per heavy atom. The molecule has 0 amide bonds. The highest BCUT2D eigenvalue weighted by Gasteiger charge is 2.23. The van der Waals surface area contributed by atoms with Crippen LogP contribution < -0.4 is 10.4 Å². The van der Waals surface area contributed by atoms with Gasteiger partial charge < -0.3 is 14.3 Å². The Hall–Kier alpha value is -2.24. The summed E-state index contributed by atoms with van der Waals surface area (Å²) in [7, 11) is 1.50. The van der Waals surface area contributed by atoms with E-state index < -0.39 is 5.63 Å². The monoisotopic (exact) mass is 348 g/mol. The van der Waals surface area contributed by atoms with E-state index in [1.807, 2.05) is 24.4 Å². The van der Waals surface area contributed by atoms with Crippen LogP contribution >= 0.6 is 22.9 Å². The third-order valence-electron chi connectivity index (χ3n) is 3.41. The molecule has 0 aliphatic carbocycles. The van der Waals surface area contributed by atoms with Crippen LogP contribution in [0.4, 0.5) is 0 Å². The molecule has 2 aromatic heterocycles. The number of hydrogen-bond acceptors (Lipinski definition) is 5. The SMILES string of the molecule is COc1cc(C)ccc1-c1c(O)c(Cl)c(-c2cccs2)oc1=O. The van der Waals surface area contributed by atoms with Crippen LogP contribution in [0.5, 0.6) is 11.5 Å². The first kappa shape index (κ1) is 15.6. The summed E-state index contributed by atoms with van der Waals surface area (Å²) in [4.78, 5) is 13.1. The summed E-state index contributed by atoms with van der Waals surface area (Å²) >= 11 is 7.59. The molecule has 0 spiro atoms. The lowest BCUT2D eigenvalue weighted by molar-refractivity contribution is 0.414. The molecule has 0 atom stereocenters. The predicted molar refractivity (Wildman–Crippen MR) is 91.7 cm³/mol. The van der Waals surface area contributed by atoms with Crippen molar-refractivity contribution in [3.63, 3.8) is 0 Å². The number of ether oxygens (including phenoxy) is 1. The minimum absolute atomic E-state index is 0.00433. The molecule has 0 saturated carbocycles. The van der Waals surface area contributed by atoms with Crippen molar-refractivity contribution in [2.45, 2.75) is 6.92 Å². The zero-order valence-corrected chi connectivity index (χ0v) is 14.0. The average Bonchev–Trinajstić information content (AvgIpc) is 3.06. The number of rotatable bonds is 3. The van der Waals surface area contributed by atoms with Gasteiger partial charge in [0.15, 0.2) is 11.5 Å². The van der Waals surface area contributed by atoms with Gasteiger partial charge in [-0.15, -0.1) is 11.3 Å². The molecule has 2 heterocycles. The summed E-state index contributed by atoms with van der Waals surface area (Å²) in [5.74, 6) is 0.319. The Kier molecular flexibility index (Phi) is 4.15. The molecular formula is C17H13ClO4S. The lowest BCUT2D eigenvalue weighted by atomic mass is 10.0. The largest absolute Gasteiger partial charge is 0.505 e. The van der Waals surface area contributed by atoms with Gasteiger partial charge in [-0.2, -0.15) is 0 Å². The Balaban J connectivity index is 2.27. The van der Waals surface area contributed by atoms with Crippen molar-refractivity contribution in [3.05, 3.63) is 56.7 Å². The fourth-order valence-corrected chi connectivity index (χ4v) is 3.31. The van der Waals surface area contributed by atoms with Crippen molar-refractivity contribution in [1.29, 1.82) is 0 Å². The molecule has 0 unspecified atom stereocenters. The van der Waals surface area contributed by atoms with E-state index in [9.17, 15) is 9.90 Å². The number of benzene rings is 1. The Labute approximate surface area is 141 Å². The zero-order chi connectivity index (χ0) is 16.6. The summed E-state index contributed by atoms with van der Waals surface area (Å²) in [5.41, 5.74) is 0.726. The lowest BCUT2D eigenvalue weighted by Gasteiger charge is -2.12. The maximum absolute atomic E-state index is 12.4. The van der Waals surface area contributed by atoms with Crippen LogP contribution in [0, 0.1) is 6.92 Å². The van der Waals surface area contributed by atoms with E-state index in [1.54, 1.807) is 18.2 Å². The van der Waals surface area contributed by atoms with E-state index in [1.165, 1.54) is 18.4 Å². The fourth-order valence-electron chi connectivity index (χ4n) is 2.31. The van der Waals surface area contributed by atoms with Crippen LogP contribution in [0.1, 0.15) is 5.56 Å². The average molecular weight is 349 g/mol. The summed E-state index contributed by atoms with van der Waals surface area (Å²) < 4.78 is 10.7. The fraction of sp³-hybridized carbons (Fsp3) is 0.118. The van der Waals surface area contributed by atoms with Gasteiger partial charge >= 0.3 is 5.63 Å². The number of aromatic hydroxyl groups is 1. The summed E-state index contributed by atoms with van der Waals surface area (Å²) in [6.07, 6.45) is 0. The number of halogens is 1. The van der Waals surface area contributed by atoms with Crippen LogP contribution in [0.2, 0.25) is 5.02 Å². The predicted octanol–water partition coefficient (Wildman–Crippen LogP) is 4.71. The maximum atomic E-state index is 12.4. The van der Waals surface area contributed by atoms with Crippen molar-refractivity contribution in [1.82, 2.24) is 0 Å². The smallest absolute Gasteiger partial charge is 0.348 e. The van der Waals surface area contributed by atoms with Crippen LogP contribution in [0.15, 0.2) is 44.9 Å². The second kappa shape index (κ2) is 6.10. The van der Waals surface area contributed by atoms with Gasteiger partial charge in [0.1, 0.15) is 16.3 Å². The molecule has 4 nitrogen and oxygen atoms in total. The lowest BCUT2D eigenvalue weighted by Crippen LogP contribution is -2.06. The molecule has 0 aliphatic rings. The van der Waals surface area contributed by atoms with E-state index in [-0.39, 0.29) is 22.1 Å². The van der Waals surface area contributed by atoms with Crippen LogP contribution in [-0.4, -0.2) is 12.2 Å².